The maximum Gasteiger partial charge on any atom is 0.171 e. The molecule has 0 N–H and O–H groups in total. The average molecular weight is 462 g/mol. The van der Waals surface area contributed by atoms with Crippen LogP contribution in [-0.2, 0) is 13.0 Å². The second-order valence-electron chi connectivity index (χ2n) is 7.87. The molecule has 0 saturated heterocycles. The second kappa shape index (κ2) is 9.41. The van der Waals surface area contributed by atoms with Gasteiger partial charge in [-0.05, 0) is 42.2 Å². The van der Waals surface area contributed by atoms with Crippen molar-refractivity contribution in [1.82, 2.24) is 0 Å². The van der Waals surface area contributed by atoms with E-state index in [4.69, 9.17) is 9.47 Å². The van der Waals surface area contributed by atoms with Gasteiger partial charge in [-0.2, -0.15) is 0 Å². The van der Waals surface area contributed by atoms with E-state index in [1.165, 1.54) is 30.3 Å². The summed E-state index contributed by atoms with van der Waals surface area (Å²) in [6.07, 6.45) is -3.41. The fourth-order valence-corrected chi connectivity index (χ4v) is 4.14. The van der Waals surface area contributed by atoms with E-state index in [0.717, 1.165) is 6.42 Å². The lowest BCUT2D eigenvalue weighted by molar-refractivity contribution is 0.158. The van der Waals surface area contributed by atoms with Crippen LogP contribution in [0.25, 0.3) is 11.1 Å². The summed E-state index contributed by atoms with van der Waals surface area (Å²) in [4.78, 5) is 0. The minimum Gasteiger partial charge on any atom is -0.491 e. The Hall–Kier alpha value is -3.09. The van der Waals surface area contributed by atoms with Crippen molar-refractivity contribution in [2.24, 2.45) is 0 Å². The number of halogens is 5. The molecule has 0 spiro atoms. The summed E-state index contributed by atoms with van der Waals surface area (Å²) < 4.78 is 84.7. The van der Waals surface area contributed by atoms with Crippen molar-refractivity contribution in [1.29, 1.82) is 0 Å². The molecule has 1 aliphatic carbocycles. The lowest BCUT2D eigenvalue weighted by atomic mass is 9.81. The lowest BCUT2D eigenvalue weighted by Gasteiger charge is -2.28. The first-order valence-electron chi connectivity index (χ1n) is 10.8. The van der Waals surface area contributed by atoms with Crippen LogP contribution in [0.1, 0.15) is 54.9 Å². The van der Waals surface area contributed by atoms with Crippen molar-refractivity contribution < 1.29 is 31.4 Å². The molecule has 0 heterocycles. The first-order chi connectivity index (χ1) is 15.9. The number of aryl methyl sites for hydroxylation is 1. The monoisotopic (exact) mass is 462 g/mol. The summed E-state index contributed by atoms with van der Waals surface area (Å²) in [7, 11) is 0. The smallest absolute Gasteiger partial charge is 0.171 e. The molecule has 3 aromatic carbocycles. The van der Waals surface area contributed by atoms with Gasteiger partial charge in [-0.3, -0.25) is 0 Å². The quantitative estimate of drug-likeness (QED) is 0.335. The van der Waals surface area contributed by atoms with E-state index < -0.39 is 40.9 Å². The van der Waals surface area contributed by atoms with E-state index in [1.807, 2.05) is 6.92 Å². The molecule has 0 aliphatic heterocycles. The summed E-state index contributed by atoms with van der Waals surface area (Å²) in [6.45, 7) is 3.44. The summed E-state index contributed by atoms with van der Waals surface area (Å²) in [5, 5.41) is 0. The van der Waals surface area contributed by atoms with Crippen LogP contribution in [0.3, 0.4) is 0 Å². The van der Waals surface area contributed by atoms with Crippen molar-refractivity contribution in [3.63, 3.8) is 0 Å². The molecule has 0 amide bonds. The van der Waals surface area contributed by atoms with Crippen LogP contribution in [0.4, 0.5) is 22.0 Å². The lowest BCUT2D eigenvalue weighted by Crippen LogP contribution is -2.17. The number of fused-ring (bicyclic) bond motifs is 3. The standard InChI is InChI=1S/C26H23F5O2/c1-3-5-14-6-8-16(12-19(14)27)33-13-15-7-9-17-18-10-11-20(32-4-2)24(29)22(18)26(31)25(30)21(17)23(15)28/h6-12,25-26H,3-5,13H2,1-2H3. The van der Waals surface area contributed by atoms with Crippen LogP contribution in [0.2, 0.25) is 0 Å². The van der Waals surface area contributed by atoms with Gasteiger partial charge in [0, 0.05) is 22.8 Å². The Balaban J connectivity index is 1.66. The van der Waals surface area contributed by atoms with E-state index in [9.17, 15) is 13.2 Å². The fraction of sp³-hybridized carbons (Fsp3) is 0.308. The zero-order chi connectivity index (χ0) is 23.7. The van der Waals surface area contributed by atoms with E-state index in [1.54, 1.807) is 19.1 Å². The Morgan fingerprint density at radius 1 is 0.758 bits per heavy atom. The van der Waals surface area contributed by atoms with Gasteiger partial charge in [-0.15, -0.1) is 0 Å². The largest absolute Gasteiger partial charge is 0.491 e. The summed E-state index contributed by atoms with van der Waals surface area (Å²) in [5.74, 6) is -2.37. The summed E-state index contributed by atoms with van der Waals surface area (Å²) in [5.41, 5.74) is -0.276. The maximum absolute atomic E-state index is 15.2. The first kappa shape index (κ1) is 23.1. The molecule has 1 aliphatic rings. The maximum atomic E-state index is 15.2. The third-order valence-electron chi connectivity index (χ3n) is 5.74. The van der Waals surface area contributed by atoms with Crippen molar-refractivity contribution in [3.05, 3.63) is 82.2 Å². The van der Waals surface area contributed by atoms with Gasteiger partial charge in [-0.25, -0.2) is 22.0 Å². The van der Waals surface area contributed by atoms with E-state index >= 15 is 8.78 Å². The predicted octanol–water partition coefficient (Wildman–Crippen LogP) is 7.74. The minimum atomic E-state index is -2.40. The normalized spacial score (nSPS) is 16.8. The third kappa shape index (κ3) is 4.16. The van der Waals surface area contributed by atoms with Gasteiger partial charge >= 0.3 is 0 Å². The Kier molecular flexibility index (Phi) is 6.58. The highest BCUT2D eigenvalue weighted by atomic mass is 19.2. The molecule has 3 aromatic rings. The molecule has 0 bridgehead atoms. The highest BCUT2D eigenvalue weighted by Crippen LogP contribution is 2.51. The average Bonchev–Trinajstić information content (AvgIpc) is 2.79. The molecule has 0 aromatic heterocycles. The number of ether oxygens (including phenoxy) is 2. The molecule has 2 unspecified atom stereocenters. The summed E-state index contributed by atoms with van der Waals surface area (Å²) in [6, 6.07) is 9.90. The molecule has 0 radical (unpaired) electrons. The number of alkyl halides is 2. The van der Waals surface area contributed by atoms with Crippen molar-refractivity contribution >= 4 is 0 Å². The number of rotatable bonds is 7. The topological polar surface area (TPSA) is 18.5 Å². The van der Waals surface area contributed by atoms with Crippen LogP contribution < -0.4 is 9.47 Å². The molecule has 7 heteroatoms. The summed E-state index contributed by atoms with van der Waals surface area (Å²) >= 11 is 0. The highest BCUT2D eigenvalue weighted by molar-refractivity contribution is 5.76. The Morgan fingerprint density at radius 3 is 2.03 bits per heavy atom. The number of hydrogen-bond acceptors (Lipinski definition) is 2. The first-order valence-corrected chi connectivity index (χ1v) is 10.8. The highest BCUT2D eigenvalue weighted by Gasteiger charge is 2.40. The predicted molar refractivity (Wildman–Crippen MR) is 115 cm³/mol. The van der Waals surface area contributed by atoms with E-state index in [0.29, 0.717) is 12.0 Å². The van der Waals surface area contributed by atoms with E-state index in [2.05, 4.69) is 0 Å². The number of hydrogen-bond donors (Lipinski definition) is 0. The zero-order valence-electron chi connectivity index (χ0n) is 18.2. The van der Waals surface area contributed by atoms with Gasteiger partial charge in [0.2, 0.25) is 0 Å². The third-order valence-corrected chi connectivity index (χ3v) is 5.74. The van der Waals surface area contributed by atoms with Crippen molar-refractivity contribution in [2.45, 2.75) is 45.6 Å². The molecule has 33 heavy (non-hydrogen) atoms. The van der Waals surface area contributed by atoms with Crippen LogP contribution in [0.5, 0.6) is 11.5 Å². The Labute approximate surface area is 189 Å². The van der Waals surface area contributed by atoms with E-state index in [-0.39, 0.29) is 41.4 Å². The SMILES string of the molecule is CCCc1ccc(OCc2ccc3c(c2F)C(F)C(F)c2c-3ccc(OCC)c2F)cc1F. The molecule has 0 saturated carbocycles. The molecule has 0 fully saturated rings. The van der Waals surface area contributed by atoms with Gasteiger partial charge in [0.1, 0.15) is 24.0 Å². The van der Waals surface area contributed by atoms with Gasteiger partial charge in [-0.1, -0.05) is 37.6 Å². The molecule has 2 nitrogen and oxygen atoms in total. The molecule has 2 atom stereocenters. The van der Waals surface area contributed by atoms with Crippen LogP contribution in [0, 0.1) is 17.5 Å². The van der Waals surface area contributed by atoms with Gasteiger partial charge in [0.05, 0.1) is 6.61 Å². The Morgan fingerprint density at radius 2 is 1.39 bits per heavy atom. The number of benzene rings is 3. The minimum absolute atomic E-state index is 0.0171. The second-order valence-corrected chi connectivity index (χ2v) is 7.87. The fourth-order valence-electron chi connectivity index (χ4n) is 4.14. The van der Waals surface area contributed by atoms with Gasteiger partial charge in [0.15, 0.2) is 23.9 Å². The van der Waals surface area contributed by atoms with Crippen LogP contribution in [0.15, 0.2) is 42.5 Å². The zero-order valence-corrected chi connectivity index (χ0v) is 18.2. The van der Waals surface area contributed by atoms with Crippen molar-refractivity contribution in [2.75, 3.05) is 6.61 Å². The molecular formula is C26H23F5O2. The molecule has 174 valence electrons. The van der Waals surface area contributed by atoms with Crippen LogP contribution in [-0.4, -0.2) is 6.61 Å². The Bertz CT molecular complexity index is 1180. The van der Waals surface area contributed by atoms with Crippen molar-refractivity contribution in [3.8, 4) is 22.6 Å². The molecule has 4 rings (SSSR count). The van der Waals surface area contributed by atoms with Crippen LogP contribution >= 0.6 is 0 Å². The van der Waals surface area contributed by atoms with Gasteiger partial charge < -0.3 is 9.47 Å². The van der Waals surface area contributed by atoms with Gasteiger partial charge in [0.25, 0.3) is 0 Å². The molecular weight excluding hydrogens is 439 g/mol.